The van der Waals surface area contributed by atoms with Crippen LogP contribution in [-0.2, 0) is 9.59 Å². The summed E-state index contributed by atoms with van der Waals surface area (Å²) in [5, 5.41) is 11.3. The number of anilines is 1. The van der Waals surface area contributed by atoms with Crippen molar-refractivity contribution in [2.75, 3.05) is 12.4 Å². The van der Waals surface area contributed by atoms with Crippen LogP contribution in [0, 0.1) is 0 Å². The molecule has 1 aliphatic rings. The Bertz CT molecular complexity index is 530. The highest BCUT2D eigenvalue weighted by Crippen LogP contribution is 2.32. The maximum atomic E-state index is 11.7. The number of carbonyl (C=O) groups is 3. The average molecular weight is 290 g/mol. The maximum absolute atomic E-state index is 11.7. The molecule has 0 spiro atoms. The summed E-state index contributed by atoms with van der Waals surface area (Å²) in [6.07, 6.45) is 0. The van der Waals surface area contributed by atoms with E-state index in [9.17, 15) is 14.4 Å². The Labute approximate surface area is 114 Å². The molecule has 8 heteroatoms. The van der Waals surface area contributed by atoms with Gasteiger partial charge in [-0.2, -0.15) is 0 Å². The number of methoxy groups -OCH3 is 1. The molecule has 2 rings (SSSR count). The summed E-state index contributed by atoms with van der Waals surface area (Å²) in [4.78, 5) is 34.0. The van der Waals surface area contributed by atoms with Gasteiger partial charge in [-0.3, -0.25) is 9.59 Å². The minimum atomic E-state index is -1.55. The van der Waals surface area contributed by atoms with Crippen molar-refractivity contribution in [2.45, 2.75) is 6.04 Å². The zero-order valence-corrected chi connectivity index (χ0v) is 10.6. The standard InChI is InChI=1S/C11H9NO5.ClH.H2O/c1-17-6-4-2-3-5-7(6)12-8(11(15)16)10(14)9(5)13;;/h2-4,8,12H,1H3,(H,15,16);1H;1H2. The Hall–Kier alpha value is -2.12. The fraction of sp³-hybridized carbons (Fsp3) is 0.182. The second-order valence-electron chi connectivity index (χ2n) is 3.49. The number of para-hydroxylation sites is 1. The third kappa shape index (κ3) is 2.67. The van der Waals surface area contributed by atoms with Gasteiger partial charge in [0.15, 0.2) is 6.04 Å². The van der Waals surface area contributed by atoms with Gasteiger partial charge in [0.1, 0.15) is 5.75 Å². The number of nitrogens with one attached hydrogen (secondary N) is 1. The number of aliphatic carboxylic acids is 1. The molecule has 1 atom stereocenters. The molecule has 0 saturated heterocycles. The zero-order chi connectivity index (χ0) is 12.6. The van der Waals surface area contributed by atoms with Gasteiger partial charge in [-0.05, 0) is 12.1 Å². The highest BCUT2D eigenvalue weighted by Gasteiger charge is 2.39. The van der Waals surface area contributed by atoms with Crippen LogP contribution < -0.4 is 10.1 Å². The van der Waals surface area contributed by atoms with E-state index in [4.69, 9.17) is 9.84 Å². The van der Waals surface area contributed by atoms with Crippen molar-refractivity contribution in [3.63, 3.8) is 0 Å². The summed E-state index contributed by atoms with van der Waals surface area (Å²) in [5.74, 6) is -2.85. The van der Waals surface area contributed by atoms with E-state index in [1.54, 1.807) is 12.1 Å². The van der Waals surface area contributed by atoms with Crippen molar-refractivity contribution >= 4 is 35.6 Å². The molecule has 0 aliphatic carbocycles. The average Bonchev–Trinajstić information content (AvgIpc) is 2.32. The van der Waals surface area contributed by atoms with Gasteiger partial charge in [-0.1, -0.05) is 6.07 Å². The van der Waals surface area contributed by atoms with Crippen LogP contribution in [0.2, 0.25) is 0 Å². The number of rotatable bonds is 2. The maximum Gasteiger partial charge on any atom is 0.334 e. The van der Waals surface area contributed by atoms with Crippen LogP contribution in [0.5, 0.6) is 5.75 Å². The summed E-state index contributed by atoms with van der Waals surface area (Å²) in [7, 11) is 1.40. The van der Waals surface area contributed by atoms with Crippen LogP contribution in [0.3, 0.4) is 0 Å². The molecule has 104 valence electrons. The van der Waals surface area contributed by atoms with Gasteiger partial charge in [-0.15, -0.1) is 12.4 Å². The molecule has 1 aliphatic heterocycles. The highest BCUT2D eigenvalue weighted by molar-refractivity contribution is 6.51. The molecular formula is C11H12ClNO6. The number of hydrogen-bond acceptors (Lipinski definition) is 5. The first-order valence-corrected chi connectivity index (χ1v) is 4.81. The molecule has 0 radical (unpaired) electrons. The predicted octanol–water partition coefficient (Wildman–Crippen LogP) is -0.0772. The molecule has 0 amide bonds. The number of ketones is 2. The molecule has 19 heavy (non-hydrogen) atoms. The zero-order valence-electron chi connectivity index (χ0n) is 9.80. The van der Waals surface area contributed by atoms with E-state index >= 15 is 0 Å². The SMILES string of the molecule is COc1cccc2c1NC(C(=O)O)C(=O)C2=O.Cl.O. The topological polar surface area (TPSA) is 124 Å². The van der Waals surface area contributed by atoms with Crippen LogP contribution in [-0.4, -0.2) is 41.3 Å². The van der Waals surface area contributed by atoms with Crippen molar-refractivity contribution in [3.8, 4) is 5.75 Å². The summed E-state index contributed by atoms with van der Waals surface area (Å²) >= 11 is 0. The number of fused-ring (bicyclic) bond motifs is 1. The minimum Gasteiger partial charge on any atom is -0.495 e. The van der Waals surface area contributed by atoms with Crippen molar-refractivity contribution in [1.82, 2.24) is 0 Å². The van der Waals surface area contributed by atoms with E-state index in [1.165, 1.54) is 13.2 Å². The molecule has 0 saturated carbocycles. The molecule has 1 unspecified atom stereocenters. The number of carboxylic acids is 1. The van der Waals surface area contributed by atoms with Gasteiger partial charge < -0.3 is 20.6 Å². The number of ether oxygens (including phenoxy) is 1. The first-order chi connectivity index (χ1) is 8.06. The van der Waals surface area contributed by atoms with E-state index in [1.807, 2.05) is 0 Å². The normalized spacial score (nSPS) is 16.4. The summed E-state index contributed by atoms with van der Waals surface area (Å²) < 4.78 is 5.01. The van der Waals surface area contributed by atoms with Crippen LogP contribution in [0.1, 0.15) is 10.4 Å². The molecule has 1 heterocycles. The van der Waals surface area contributed by atoms with Gasteiger partial charge in [0, 0.05) is 0 Å². The number of carbonyl (C=O) groups excluding carboxylic acids is 2. The van der Waals surface area contributed by atoms with Crippen molar-refractivity contribution in [3.05, 3.63) is 23.8 Å². The number of benzene rings is 1. The first kappa shape index (κ1) is 16.9. The van der Waals surface area contributed by atoms with Gasteiger partial charge in [-0.25, -0.2) is 4.79 Å². The smallest absolute Gasteiger partial charge is 0.334 e. The lowest BCUT2D eigenvalue weighted by molar-refractivity contribution is -0.140. The first-order valence-electron chi connectivity index (χ1n) is 4.81. The highest BCUT2D eigenvalue weighted by atomic mass is 35.5. The van der Waals surface area contributed by atoms with Crippen LogP contribution in [0.4, 0.5) is 5.69 Å². The molecule has 0 fully saturated rings. The van der Waals surface area contributed by atoms with Gasteiger partial charge in [0.2, 0.25) is 11.6 Å². The van der Waals surface area contributed by atoms with Crippen molar-refractivity contribution in [1.29, 1.82) is 0 Å². The molecule has 4 N–H and O–H groups in total. The molecule has 1 aromatic rings. The van der Waals surface area contributed by atoms with Crippen LogP contribution in [0.25, 0.3) is 0 Å². The fourth-order valence-corrected chi connectivity index (χ4v) is 1.69. The van der Waals surface area contributed by atoms with Gasteiger partial charge >= 0.3 is 5.97 Å². The third-order valence-electron chi connectivity index (χ3n) is 2.51. The summed E-state index contributed by atoms with van der Waals surface area (Å²) in [6, 6.07) is 3.04. The Morgan fingerprint density at radius 2 is 2.00 bits per heavy atom. The summed E-state index contributed by atoms with van der Waals surface area (Å²) in [6.45, 7) is 0. The Morgan fingerprint density at radius 1 is 1.37 bits per heavy atom. The number of carboxylic acid groups (broad SMARTS) is 1. The van der Waals surface area contributed by atoms with Gasteiger partial charge in [0.05, 0.1) is 18.4 Å². The van der Waals surface area contributed by atoms with E-state index in [2.05, 4.69) is 5.32 Å². The van der Waals surface area contributed by atoms with E-state index in [0.717, 1.165) is 0 Å². The van der Waals surface area contributed by atoms with Gasteiger partial charge in [0.25, 0.3) is 0 Å². The number of halogens is 1. The quantitative estimate of drug-likeness (QED) is 0.580. The van der Waals surface area contributed by atoms with E-state index < -0.39 is 23.6 Å². The molecule has 1 aromatic carbocycles. The lowest BCUT2D eigenvalue weighted by atomic mass is 9.95. The van der Waals surface area contributed by atoms with Crippen LogP contribution >= 0.6 is 12.4 Å². The minimum absolute atomic E-state index is 0. The fourth-order valence-electron chi connectivity index (χ4n) is 1.69. The van der Waals surface area contributed by atoms with E-state index in [0.29, 0.717) is 5.75 Å². The van der Waals surface area contributed by atoms with Crippen molar-refractivity contribution < 1.29 is 29.7 Å². The Morgan fingerprint density at radius 3 is 2.53 bits per heavy atom. The van der Waals surface area contributed by atoms with E-state index in [-0.39, 0.29) is 29.1 Å². The lowest BCUT2D eigenvalue weighted by Gasteiger charge is -2.23. The number of hydrogen-bond donors (Lipinski definition) is 2. The third-order valence-corrected chi connectivity index (χ3v) is 2.51. The second-order valence-corrected chi connectivity index (χ2v) is 3.49. The monoisotopic (exact) mass is 289 g/mol. The summed E-state index contributed by atoms with van der Waals surface area (Å²) in [5.41, 5.74) is 0.374. The molecular weight excluding hydrogens is 278 g/mol. The molecule has 0 aromatic heterocycles. The Balaban J connectivity index is 0.00000162. The largest absolute Gasteiger partial charge is 0.495 e. The number of Topliss-reactive ketones (excluding diaryl/α,β-unsaturated/α-hetero) is 2. The van der Waals surface area contributed by atoms with Crippen molar-refractivity contribution in [2.24, 2.45) is 0 Å². The second kappa shape index (κ2) is 6.17. The lowest BCUT2D eigenvalue weighted by Crippen LogP contribution is -2.45. The molecule has 7 nitrogen and oxygen atoms in total. The van der Waals surface area contributed by atoms with Crippen LogP contribution in [0.15, 0.2) is 18.2 Å². The Kier molecular flexibility index (Phi) is 5.48. The molecule has 0 bridgehead atoms. The predicted molar refractivity (Wildman–Crippen MR) is 68.2 cm³/mol.